The summed E-state index contributed by atoms with van der Waals surface area (Å²) < 4.78 is 13.6. The van der Waals surface area contributed by atoms with Crippen molar-refractivity contribution in [2.24, 2.45) is 11.7 Å². The second-order valence-electron chi connectivity index (χ2n) is 4.62. The van der Waals surface area contributed by atoms with Crippen LogP contribution >= 0.6 is 12.4 Å². The van der Waals surface area contributed by atoms with E-state index in [2.05, 4.69) is 0 Å². The number of benzene rings is 1. The van der Waals surface area contributed by atoms with E-state index in [1.807, 2.05) is 6.92 Å². The van der Waals surface area contributed by atoms with Gasteiger partial charge in [-0.15, -0.1) is 12.4 Å². The van der Waals surface area contributed by atoms with Crippen molar-refractivity contribution in [3.8, 4) is 0 Å². The van der Waals surface area contributed by atoms with E-state index in [0.717, 1.165) is 12.0 Å². The van der Waals surface area contributed by atoms with Crippen LogP contribution in [0.15, 0.2) is 18.2 Å². The summed E-state index contributed by atoms with van der Waals surface area (Å²) in [7, 11) is 0. The lowest BCUT2D eigenvalue weighted by atomic mass is 10.1. The van der Waals surface area contributed by atoms with Crippen LogP contribution in [0.1, 0.15) is 22.3 Å². The van der Waals surface area contributed by atoms with Gasteiger partial charge in [0.15, 0.2) is 0 Å². The summed E-state index contributed by atoms with van der Waals surface area (Å²) in [6.07, 6.45) is 0.912. The lowest BCUT2D eigenvalue weighted by Crippen LogP contribution is -2.30. The van der Waals surface area contributed by atoms with Gasteiger partial charge in [0.05, 0.1) is 5.56 Å². The van der Waals surface area contributed by atoms with Crippen molar-refractivity contribution >= 4 is 18.3 Å². The molecule has 1 unspecified atom stereocenters. The quantitative estimate of drug-likeness (QED) is 0.895. The first-order valence-corrected chi connectivity index (χ1v) is 5.87. The molecule has 5 heteroatoms. The fraction of sp³-hybridized carbons (Fsp3) is 0.462. The largest absolute Gasteiger partial charge is 0.338 e. The third-order valence-electron chi connectivity index (χ3n) is 3.26. The van der Waals surface area contributed by atoms with Crippen molar-refractivity contribution in [2.75, 3.05) is 19.6 Å². The van der Waals surface area contributed by atoms with E-state index < -0.39 is 5.82 Å². The Labute approximate surface area is 113 Å². The molecule has 1 saturated heterocycles. The molecule has 1 aromatic rings. The van der Waals surface area contributed by atoms with Gasteiger partial charge in [-0.3, -0.25) is 4.79 Å². The Morgan fingerprint density at radius 2 is 2.28 bits per heavy atom. The van der Waals surface area contributed by atoms with Crippen LogP contribution in [0.3, 0.4) is 0 Å². The molecule has 3 nitrogen and oxygen atoms in total. The second-order valence-corrected chi connectivity index (χ2v) is 4.62. The van der Waals surface area contributed by atoms with Crippen molar-refractivity contribution in [1.82, 2.24) is 4.90 Å². The molecule has 0 saturated carbocycles. The average Bonchev–Trinajstić information content (AvgIpc) is 2.80. The second kappa shape index (κ2) is 6.16. The number of amides is 1. The maximum absolute atomic E-state index is 13.6. The van der Waals surface area contributed by atoms with E-state index >= 15 is 0 Å². The van der Waals surface area contributed by atoms with Gasteiger partial charge in [0.1, 0.15) is 5.82 Å². The summed E-state index contributed by atoms with van der Waals surface area (Å²) in [5, 5.41) is 0. The number of halogens is 2. The molecule has 1 atom stereocenters. The van der Waals surface area contributed by atoms with Crippen LogP contribution < -0.4 is 5.73 Å². The molecule has 0 aromatic heterocycles. The number of likely N-dealkylation sites (tertiary alicyclic amines) is 1. The molecule has 1 fully saturated rings. The number of nitrogens with zero attached hydrogens (tertiary/aromatic N) is 1. The summed E-state index contributed by atoms with van der Waals surface area (Å²) in [5.41, 5.74) is 6.64. The van der Waals surface area contributed by atoms with Crippen molar-refractivity contribution in [3.05, 3.63) is 35.1 Å². The number of hydrogen-bond acceptors (Lipinski definition) is 2. The summed E-state index contributed by atoms with van der Waals surface area (Å²) in [4.78, 5) is 13.8. The van der Waals surface area contributed by atoms with Gasteiger partial charge in [-0.1, -0.05) is 11.6 Å². The fourth-order valence-electron chi connectivity index (χ4n) is 2.18. The highest BCUT2D eigenvalue weighted by Gasteiger charge is 2.27. The zero-order valence-electron chi connectivity index (χ0n) is 10.4. The van der Waals surface area contributed by atoms with Gasteiger partial charge in [0, 0.05) is 13.1 Å². The molecule has 0 radical (unpaired) electrons. The minimum Gasteiger partial charge on any atom is -0.338 e. The van der Waals surface area contributed by atoms with Gasteiger partial charge < -0.3 is 10.6 Å². The van der Waals surface area contributed by atoms with E-state index in [0.29, 0.717) is 25.6 Å². The molecular formula is C13H18ClFN2O. The van der Waals surface area contributed by atoms with Crippen molar-refractivity contribution in [2.45, 2.75) is 13.3 Å². The van der Waals surface area contributed by atoms with Crippen LogP contribution in [0.5, 0.6) is 0 Å². The van der Waals surface area contributed by atoms with Crippen LogP contribution in [0.25, 0.3) is 0 Å². The number of carbonyl (C=O) groups excluding carboxylic acids is 1. The lowest BCUT2D eigenvalue weighted by molar-refractivity contribution is 0.0783. The fourth-order valence-corrected chi connectivity index (χ4v) is 2.18. The maximum atomic E-state index is 13.6. The molecule has 2 N–H and O–H groups in total. The van der Waals surface area contributed by atoms with Crippen LogP contribution in [-0.2, 0) is 0 Å². The Morgan fingerprint density at radius 3 is 2.89 bits per heavy atom. The van der Waals surface area contributed by atoms with E-state index in [1.165, 1.54) is 6.07 Å². The molecule has 18 heavy (non-hydrogen) atoms. The molecule has 1 aliphatic heterocycles. The van der Waals surface area contributed by atoms with Crippen molar-refractivity contribution < 1.29 is 9.18 Å². The minimum atomic E-state index is -0.447. The third-order valence-corrected chi connectivity index (χ3v) is 3.26. The predicted molar refractivity (Wildman–Crippen MR) is 71.4 cm³/mol. The smallest absolute Gasteiger partial charge is 0.256 e. The Kier molecular flexibility index (Phi) is 5.11. The lowest BCUT2D eigenvalue weighted by Gasteiger charge is -2.17. The number of nitrogens with two attached hydrogens (primary N) is 1. The maximum Gasteiger partial charge on any atom is 0.256 e. The van der Waals surface area contributed by atoms with Crippen molar-refractivity contribution in [1.29, 1.82) is 0 Å². The van der Waals surface area contributed by atoms with Crippen molar-refractivity contribution in [3.63, 3.8) is 0 Å². The van der Waals surface area contributed by atoms with Gasteiger partial charge in [-0.25, -0.2) is 4.39 Å². The number of hydrogen-bond donors (Lipinski definition) is 1. The van der Waals surface area contributed by atoms with Crippen LogP contribution in [-0.4, -0.2) is 30.4 Å². The van der Waals surface area contributed by atoms with Crippen LogP contribution in [0.2, 0.25) is 0 Å². The van der Waals surface area contributed by atoms with Crippen LogP contribution in [0, 0.1) is 18.7 Å². The molecule has 1 aliphatic rings. The highest BCUT2D eigenvalue weighted by atomic mass is 35.5. The SMILES string of the molecule is Cc1ccc(F)c(C(=O)N2CCC(CN)C2)c1.Cl. The predicted octanol–water partition coefficient (Wildman–Crippen LogP) is 1.98. The summed E-state index contributed by atoms with van der Waals surface area (Å²) >= 11 is 0. The van der Waals surface area contributed by atoms with Gasteiger partial charge in [-0.05, 0) is 37.9 Å². The zero-order chi connectivity index (χ0) is 12.4. The molecule has 0 spiro atoms. The van der Waals surface area contributed by atoms with Crippen LogP contribution in [0.4, 0.5) is 4.39 Å². The molecule has 0 aliphatic carbocycles. The first-order chi connectivity index (χ1) is 8.11. The highest BCUT2D eigenvalue weighted by Crippen LogP contribution is 2.19. The molecule has 1 aromatic carbocycles. The first kappa shape index (κ1) is 14.9. The van der Waals surface area contributed by atoms with E-state index in [9.17, 15) is 9.18 Å². The monoisotopic (exact) mass is 272 g/mol. The minimum absolute atomic E-state index is 0. The molecule has 1 heterocycles. The molecule has 1 amide bonds. The van der Waals surface area contributed by atoms with E-state index in [-0.39, 0.29) is 23.9 Å². The third kappa shape index (κ3) is 3.00. The highest BCUT2D eigenvalue weighted by molar-refractivity contribution is 5.94. The summed E-state index contributed by atoms with van der Waals surface area (Å²) in [6, 6.07) is 4.62. The Bertz CT molecular complexity index is 439. The standard InChI is InChI=1S/C13H17FN2O.ClH/c1-9-2-3-12(14)11(6-9)13(17)16-5-4-10(7-15)8-16;/h2-3,6,10H,4-5,7-8,15H2,1H3;1H. The van der Waals surface area contributed by atoms with E-state index in [4.69, 9.17) is 5.73 Å². The molecule has 0 bridgehead atoms. The number of aryl methyl sites for hydroxylation is 1. The normalized spacial score (nSPS) is 18.6. The Morgan fingerprint density at radius 1 is 1.56 bits per heavy atom. The van der Waals surface area contributed by atoms with Gasteiger partial charge in [-0.2, -0.15) is 0 Å². The Balaban J connectivity index is 0.00000162. The van der Waals surface area contributed by atoms with E-state index in [1.54, 1.807) is 17.0 Å². The number of rotatable bonds is 2. The van der Waals surface area contributed by atoms with Gasteiger partial charge in [0.25, 0.3) is 5.91 Å². The van der Waals surface area contributed by atoms with Gasteiger partial charge >= 0.3 is 0 Å². The summed E-state index contributed by atoms with van der Waals surface area (Å²) in [6.45, 7) is 3.75. The molecule has 100 valence electrons. The molecule has 2 rings (SSSR count). The zero-order valence-corrected chi connectivity index (χ0v) is 11.2. The number of carbonyl (C=O) groups is 1. The van der Waals surface area contributed by atoms with Gasteiger partial charge in [0.2, 0.25) is 0 Å². The summed E-state index contributed by atoms with van der Waals surface area (Å²) in [5.74, 6) is -0.314. The topological polar surface area (TPSA) is 46.3 Å². The average molecular weight is 273 g/mol. The Hall–Kier alpha value is -1.13. The molecular weight excluding hydrogens is 255 g/mol. The first-order valence-electron chi connectivity index (χ1n) is 5.87.